The van der Waals surface area contributed by atoms with Crippen LogP contribution in [0, 0.1) is 0 Å². The maximum Gasteiger partial charge on any atom is 0.220 e. The normalized spacial score (nSPS) is 24.5. The summed E-state index contributed by atoms with van der Waals surface area (Å²) in [4.78, 5) is 13.1. The third-order valence-corrected chi connectivity index (χ3v) is 16.5. The van der Waals surface area contributed by atoms with Gasteiger partial charge in [-0.15, -0.1) is 0 Å². The lowest BCUT2D eigenvalue weighted by Gasteiger charge is -2.46. The minimum Gasteiger partial charge on any atom is -0.394 e. The summed E-state index contributed by atoms with van der Waals surface area (Å²) in [6.45, 7) is 2.70. The monoisotopic (exact) mass is 1110 g/mol. The van der Waals surface area contributed by atoms with E-state index in [4.69, 9.17) is 18.9 Å². The Morgan fingerprint density at radius 3 is 1.18 bits per heavy atom. The Balaban J connectivity index is 1.44. The van der Waals surface area contributed by atoms with Crippen LogP contribution in [0.25, 0.3) is 0 Å². The molecule has 0 spiro atoms. The fourth-order valence-electron chi connectivity index (χ4n) is 11.2. The number of unbranched alkanes of at least 4 members (excludes halogenated alkanes) is 41. The third-order valence-electron chi connectivity index (χ3n) is 16.5. The lowest BCUT2D eigenvalue weighted by molar-refractivity contribution is -0.359. The number of carbonyl (C=O) groups excluding carboxylic acids is 1. The molecule has 12 unspecified atom stereocenters. The molecule has 0 bridgehead atoms. The van der Waals surface area contributed by atoms with Crippen LogP contribution in [0.5, 0.6) is 0 Å². The molecule has 2 aliphatic rings. The molecule has 0 aromatic carbocycles. The molecule has 0 aliphatic carbocycles. The number of hydrogen-bond donors (Lipinski definition) is 9. The van der Waals surface area contributed by atoms with Gasteiger partial charge >= 0.3 is 0 Å². The highest BCUT2D eigenvalue weighted by atomic mass is 16.7. The summed E-state index contributed by atoms with van der Waals surface area (Å²) in [5, 5.41) is 86.4. The van der Waals surface area contributed by atoms with E-state index in [0.717, 1.165) is 44.9 Å². The number of hydrogen-bond acceptors (Lipinski definition) is 13. The standard InChI is InChI=1S/C64H123NO13/c1-3-5-7-9-10-11-12-13-14-15-16-17-18-19-20-21-22-23-24-25-26-27-28-29-30-31-32-33-34-35-36-37-38-39-40-41-42-44-46-48-56(69)65-52(53(68)47-45-43-8-6-4-2)51-75-63-61(74)59(72)62(55(50-67)77-63)78-64-60(73)58(71)57(70)54(49-66)76-64/h45,47,52-55,57-64,66-68,70-74H,3-44,46,48-51H2,1-2H3,(H,65,69)/b47-45+. The highest BCUT2D eigenvalue weighted by Gasteiger charge is 2.51. The van der Waals surface area contributed by atoms with E-state index < -0.39 is 86.8 Å². The van der Waals surface area contributed by atoms with Crippen LogP contribution in [0.4, 0.5) is 0 Å². The molecule has 9 N–H and O–H groups in total. The van der Waals surface area contributed by atoms with Crippen LogP contribution in [0.2, 0.25) is 0 Å². The topological polar surface area (TPSA) is 228 Å². The fraction of sp³-hybridized carbons (Fsp3) is 0.953. The van der Waals surface area contributed by atoms with E-state index >= 15 is 0 Å². The zero-order valence-electron chi connectivity index (χ0n) is 49.9. The maximum absolute atomic E-state index is 13.1. The predicted octanol–water partition coefficient (Wildman–Crippen LogP) is 12.2. The lowest BCUT2D eigenvalue weighted by atomic mass is 9.97. The van der Waals surface area contributed by atoms with Gasteiger partial charge in [-0.3, -0.25) is 4.79 Å². The van der Waals surface area contributed by atoms with Crippen molar-refractivity contribution in [2.24, 2.45) is 0 Å². The molecule has 78 heavy (non-hydrogen) atoms. The van der Waals surface area contributed by atoms with E-state index in [0.29, 0.717) is 6.42 Å². The van der Waals surface area contributed by atoms with Gasteiger partial charge in [-0.1, -0.05) is 283 Å². The highest BCUT2D eigenvalue weighted by Crippen LogP contribution is 2.30. The molecule has 1 amide bonds. The first-order valence-corrected chi connectivity index (χ1v) is 32.9. The van der Waals surface area contributed by atoms with Crippen molar-refractivity contribution in [2.75, 3.05) is 19.8 Å². The minimum absolute atomic E-state index is 0.241. The van der Waals surface area contributed by atoms with E-state index in [1.807, 2.05) is 6.08 Å². The first kappa shape index (κ1) is 72.8. The SMILES string of the molecule is CCCCC/C=C/C(O)C(COC1OC(CO)C(OC2OC(CO)C(O)C(O)C2O)C(O)C1O)NC(=O)CCCCCCCCCCCCCCCCCCCCCCCCCCCCCCCCCCCCCCCCC. The molecule has 0 radical (unpaired) electrons. The number of allylic oxidation sites excluding steroid dienone is 1. The van der Waals surface area contributed by atoms with Gasteiger partial charge in [0.15, 0.2) is 12.6 Å². The Labute approximate surface area is 476 Å². The average molecular weight is 1110 g/mol. The van der Waals surface area contributed by atoms with Crippen LogP contribution in [-0.2, 0) is 23.7 Å². The summed E-state index contributed by atoms with van der Waals surface area (Å²) in [5.41, 5.74) is 0. The molecule has 14 nitrogen and oxygen atoms in total. The molecule has 2 saturated heterocycles. The third kappa shape index (κ3) is 35.0. The van der Waals surface area contributed by atoms with Crippen molar-refractivity contribution in [3.8, 4) is 0 Å². The van der Waals surface area contributed by atoms with E-state index in [1.165, 1.54) is 225 Å². The average Bonchev–Trinajstić information content (AvgIpc) is 3.47. The quantitative estimate of drug-likeness (QED) is 0.0204. The number of amides is 1. The molecule has 2 aliphatic heterocycles. The fourth-order valence-corrected chi connectivity index (χ4v) is 11.2. The van der Waals surface area contributed by atoms with E-state index in [2.05, 4.69) is 19.2 Å². The summed E-state index contributed by atoms with van der Waals surface area (Å²) in [7, 11) is 0. The van der Waals surface area contributed by atoms with Crippen molar-refractivity contribution in [3.05, 3.63) is 12.2 Å². The maximum atomic E-state index is 13.1. The molecule has 0 aromatic rings. The van der Waals surface area contributed by atoms with Gasteiger partial charge in [-0.25, -0.2) is 0 Å². The number of aliphatic hydroxyl groups is 8. The molecular weight excluding hydrogens is 991 g/mol. The number of nitrogens with one attached hydrogen (secondary N) is 1. The van der Waals surface area contributed by atoms with E-state index in [9.17, 15) is 45.6 Å². The van der Waals surface area contributed by atoms with Gasteiger partial charge in [0.25, 0.3) is 0 Å². The van der Waals surface area contributed by atoms with Crippen LogP contribution in [0.1, 0.15) is 296 Å². The molecule has 2 fully saturated rings. The Morgan fingerprint density at radius 2 is 0.795 bits per heavy atom. The van der Waals surface area contributed by atoms with Gasteiger partial charge in [-0.05, 0) is 19.3 Å². The summed E-state index contributed by atoms with van der Waals surface area (Å²) in [6, 6.07) is -0.906. The zero-order chi connectivity index (χ0) is 56.7. The first-order chi connectivity index (χ1) is 38.1. The second-order valence-electron chi connectivity index (χ2n) is 23.6. The molecule has 462 valence electrons. The molecule has 2 heterocycles. The number of ether oxygens (including phenoxy) is 4. The summed E-state index contributed by atoms with van der Waals surface area (Å²) in [5.74, 6) is -0.241. The zero-order valence-corrected chi connectivity index (χ0v) is 49.9. The van der Waals surface area contributed by atoms with E-state index in [-0.39, 0.29) is 18.9 Å². The van der Waals surface area contributed by atoms with Crippen LogP contribution >= 0.6 is 0 Å². The van der Waals surface area contributed by atoms with Gasteiger partial charge in [0.1, 0.15) is 48.8 Å². The van der Waals surface area contributed by atoms with Gasteiger partial charge in [0.05, 0.1) is 32.0 Å². The lowest BCUT2D eigenvalue weighted by Crippen LogP contribution is -2.65. The van der Waals surface area contributed by atoms with Crippen LogP contribution in [0.15, 0.2) is 12.2 Å². The largest absolute Gasteiger partial charge is 0.394 e. The molecule has 0 saturated carbocycles. The van der Waals surface area contributed by atoms with Gasteiger partial charge < -0.3 is 65.1 Å². The van der Waals surface area contributed by atoms with Crippen molar-refractivity contribution >= 4 is 5.91 Å². The summed E-state index contributed by atoms with van der Waals surface area (Å²) < 4.78 is 22.6. The van der Waals surface area contributed by atoms with Crippen LogP contribution < -0.4 is 5.32 Å². The second kappa shape index (κ2) is 50.3. The molecule has 12 atom stereocenters. The Morgan fingerprint density at radius 1 is 0.449 bits per heavy atom. The van der Waals surface area contributed by atoms with Crippen LogP contribution in [-0.4, -0.2) is 140 Å². The molecule has 0 aromatic heterocycles. The van der Waals surface area contributed by atoms with Crippen molar-refractivity contribution in [3.63, 3.8) is 0 Å². The Hall–Kier alpha value is -1.27. The van der Waals surface area contributed by atoms with Crippen molar-refractivity contribution in [1.82, 2.24) is 5.32 Å². The van der Waals surface area contributed by atoms with Gasteiger partial charge in [0, 0.05) is 6.42 Å². The van der Waals surface area contributed by atoms with Crippen molar-refractivity contribution in [1.29, 1.82) is 0 Å². The molecule has 14 heteroatoms. The molecular formula is C64H123NO13. The van der Waals surface area contributed by atoms with Gasteiger partial charge in [-0.2, -0.15) is 0 Å². The first-order valence-electron chi connectivity index (χ1n) is 32.9. The number of rotatable bonds is 54. The Kier molecular flexibility index (Phi) is 46.9. The molecule has 2 rings (SSSR count). The summed E-state index contributed by atoms with van der Waals surface area (Å²) >= 11 is 0. The van der Waals surface area contributed by atoms with Crippen LogP contribution in [0.3, 0.4) is 0 Å². The highest BCUT2D eigenvalue weighted by molar-refractivity contribution is 5.76. The van der Waals surface area contributed by atoms with Crippen molar-refractivity contribution in [2.45, 2.75) is 370 Å². The van der Waals surface area contributed by atoms with E-state index in [1.54, 1.807) is 6.08 Å². The number of aliphatic hydroxyl groups excluding tert-OH is 8. The van der Waals surface area contributed by atoms with Gasteiger partial charge in [0.2, 0.25) is 5.91 Å². The Bertz CT molecular complexity index is 1360. The smallest absolute Gasteiger partial charge is 0.220 e. The minimum atomic E-state index is -1.78. The second-order valence-corrected chi connectivity index (χ2v) is 23.6. The van der Waals surface area contributed by atoms with Crippen molar-refractivity contribution < 1.29 is 64.6 Å². The number of carbonyl (C=O) groups is 1. The predicted molar refractivity (Wildman–Crippen MR) is 314 cm³/mol. The summed E-state index contributed by atoms with van der Waals surface area (Å²) in [6.07, 6.45) is 44.0.